The lowest BCUT2D eigenvalue weighted by Crippen LogP contribution is -2.31. The van der Waals surface area contributed by atoms with Gasteiger partial charge in [0.2, 0.25) is 0 Å². The Labute approximate surface area is 202 Å². The summed E-state index contributed by atoms with van der Waals surface area (Å²) < 4.78 is 15.5. The average molecular weight is 480 g/mol. The lowest BCUT2D eigenvalue weighted by molar-refractivity contribution is 0.0655. The topological polar surface area (TPSA) is 71.3 Å². The number of piperidine rings is 1. The second-order valence-corrected chi connectivity index (χ2v) is 9.62. The van der Waals surface area contributed by atoms with E-state index in [1.165, 1.54) is 48.1 Å². The Morgan fingerprint density at radius 2 is 1.56 bits per heavy atom. The maximum Gasteiger partial charge on any atom is 0.261 e. The summed E-state index contributed by atoms with van der Waals surface area (Å²) in [5.74, 6) is 0.741. The fourth-order valence-corrected chi connectivity index (χ4v) is 5.39. The molecule has 0 unspecified atom stereocenters. The molecule has 5 rings (SSSR count). The van der Waals surface area contributed by atoms with Crippen LogP contribution in [0.4, 0.5) is 4.39 Å². The minimum atomic E-state index is -0.287. The number of nitrogens with zero attached hydrogens (tertiary/aromatic N) is 5. The number of fused-ring (bicyclic) bond motifs is 1. The van der Waals surface area contributed by atoms with Crippen molar-refractivity contribution in [3.05, 3.63) is 71.3 Å². The predicted molar refractivity (Wildman–Crippen MR) is 128 cm³/mol. The Kier molecular flexibility index (Phi) is 6.73. The lowest BCUT2D eigenvalue weighted by atomic mass is 10.1. The normalized spacial score (nSPS) is 16.3. The number of aromatic nitrogens is 3. The molecule has 1 saturated heterocycles. The maximum atomic E-state index is 13.5. The van der Waals surface area contributed by atoms with Crippen LogP contribution in [0.1, 0.15) is 52.2 Å². The van der Waals surface area contributed by atoms with Gasteiger partial charge in [0.05, 0.1) is 17.7 Å². The van der Waals surface area contributed by atoms with Crippen LogP contribution in [-0.4, -0.2) is 61.8 Å². The van der Waals surface area contributed by atoms with Gasteiger partial charge in [-0.15, -0.1) is 10.2 Å². The maximum absolute atomic E-state index is 13.5. The zero-order valence-electron chi connectivity index (χ0n) is 18.8. The fraction of sp³-hybridized carbons (Fsp3) is 0.360. The minimum Gasteiger partial charge on any atom is -0.296 e. The summed E-state index contributed by atoms with van der Waals surface area (Å²) in [6, 6.07) is 13.3. The van der Waals surface area contributed by atoms with Crippen molar-refractivity contribution >= 4 is 23.6 Å². The van der Waals surface area contributed by atoms with E-state index in [4.69, 9.17) is 0 Å². The van der Waals surface area contributed by atoms with Gasteiger partial charge in [0.15, 0.2) is 11.0 Å². The molecule has 2 aliphatic heterocycles. The first-order valence-electron chi connectivity index (χ1n) is 11.6. The summed E-state index contributed by atoms with van der Waals surface area (Å²) >= 11 is 1.53. The molecule has 0 radical (unpaired) electrons. The van der Waals surface area contributed by atoms with Crippen molar-refractivity contribution in [1.29, 1.82) is 0 Å². The van der Waals surface area contributed by atoms with Gasteiger partial charge in [0.25, 0.3) is 11.8 Å². The van der Waals surface area contributed by atoms with Crippen LogP contribution in [0, 0.1) is 5.82 Å². The zero-order valence-corrected chi connectivity index (χ0v) is 19.6. The van der Waals surface area contributed by atoms with Crippen LogP contribution in [0.3, 0.4) is 0 Å². The van der Waals surface area contributed by atoms with Crippen LogP contribution >= 0.6 is 11.8 Å². The molecule has 2 amide bonds. The molecule has 0 saturated carbocycles. The molecule has 0 aliphatic carbocycles. The van der Waals surface area contributed by atoms with E-state index < -0.39 is 0 Å². The second kappa shape index (κ2) is 10.1. The average Bonchev–Trinajstić information content (AvgIpc) is 3.36. The molecule has 1 aromatic heterocycles. The highest BCUT2D eigenvalue weighted by Gasteiger charge is 2.34. The van der Waals surface area contributed by atoms with Gasteiger partial charge < -0.3 is 0 Å². The van der Waals surface area contributed by atoms with E-state index in [9.17, 15) is 14.0 Å². The number of hydrogen-bond acceptors (Lipinski definition) is 6. The van der Waals surface area contributed by atoms with Crippen molar-refractivity contribution in [3.8, 4) is 5.69 Å². The third kappa shape index (κ3) is 4.63. The Bertz CT molecular complexity index is 1160. The summed E-state index contributed by atoms with van der Waals surface area (Å²) in [6.45, 7) is 3.13. The smallest absolute Gasteiger partial charge is 0.261 e. The molecule has 7 nitrogen and oxygen atoms in total. The fourth-order valence-electron chi connectivity index (χ4n) is 4.49. The number of carbonyl (C=O) groups excluding carboxylic acids is 2. The molecule has 0 N–H and O–H groups in total. The molecule has 2 aromatic carbocycles. The third-order valence-electron chi connectivity index (χ3n) is 6.23. The van der Waals surface area contributed by atoms with Crippen molar-refractivity contribution in [2.45, 2.75) is 37.4 Å². The number of carbonyl (C=O) groups is 2. The van der Waals surface area contributed by atoms with Crippen molar-refractivity contribution in [2.24, 2.45) is 0 Å². The van der Waals surface area contributed by atoms with Crippen LogP contribution in [0.15, 0.2) is 53.7 Å². The number of imide groups is 1. The molecular formula is C25H26FN5O2S. The van der Waals surface area contributed by atoms with Gasteiger partial charge in [-0.3, -0.25) is 24.0 Å². The quantitative estimate of drug-likeness (QED) is 0.274. The Morgan fingerprint density at radius 3 is 2.24 bits per heavy atom. The minimum absolute atomic E-state index is 0.233. The predicted octanol–water partition coefficient (Wildman–Crippen LogP) is 4.17. The van der Waals surface area contributed by atoms with Crippen molar-refractivity contribution < 1.29 is 14.0 Å². The van der Waals surface area contributed by atoms with Crippen molar-refractivity contribution in [1.82, 2.24) is 24.6 Å². The van der Waals surface area contributed by atoms with Crippen molar-refractivity contribution in [2.75, 3.05) is 25.4 Å². The highest BCUT2D eigenvalue weighted by atomic mass is 32.2. The molecular weight excluding hydrogens is 453 g/mol. The van der Waals surface area contributed by atoms with E-state index in [0.29, 0.717) is 36.4 Å². The molecule has 2 aliphatic rings. The van der Waals surface area contributed by atoms with Crippen LogP contribution in [0.25, 0.3) is 5.69 Å². The number of likely N-dealkylation sites (tertiary alicyclic amines) is 1. The molecule has 1 fully saturated rings. The Morgan fingerprint density at radius 1 is 0.882 bits per heavy atom. The molecule has 0 atom stereocenters. The number of halogens is 1. The zero-order chi connectivity index (χ0) is 23.5. The van der Waals surface area contributed by atoms with Gasteiger partial charge >= 0.3 is 0 Å². The second-order valence-electron chi connectivity index (χ2n) is 8.56. The molecule has 0 bridgehead atoms. The van der Waals surface area contributed by atoms with Crippen molar-refractivity contribution in [3.63, 3.8) is 0 Å². The van der Waals surface area contributed by atoms with Gasteiger partial charge in [-0.1, -0.05) is 30.3 Å². The van der Waals surface area contributed by atoms with E-state index in [1.807, 2.05) is 4.57 Å². The summed E-state index contributed by atoms with van der Waals surface area (Å²) in [7, 11) is 0. The van der Waals surface area contributed by atoms with Crippen LogP contribution in [0.5, 0.6) is 0 Å². The molecule has 9 heteroatoms. The molecule has 3 heterocycles. The number of thioether (sulfide) groups is 1. The Balaban J connectivity index is 1.26. The van der Waals surface area contributed by atoms with Crippen LogP contribution < -0.4 is 0 Å². The standard InChI is InChI=1S/C25H26FN5O2S/c26-18-9-11-19(12-10-18)31-22(17-29-13-4-1-5-14-29)27-28-25(31)34-16-6-15-30-23(32)20-7-2-3-8-21(20)24(30)33/h2-3,7-12H,1,4-6,13-17H2. The first-order chi connectivity index (χ1) is 16.6. The number of benzene rings is 2. The Hall–Kier alpha value is -3.04. The summed E-state index contributed by atoms with van der Waals surface area (Å²) in [5.41, 5.74) is 1.76. The lowest BCUT2D eigenvalue weighted by Gasteiger charge is -2.26. The molecule has 3 aromatic rings. The SMILES string of the molecule is O=C1c2ccccc2C(=O)N1CCCSc1nnc(CN2CCCCC2)n1-c1ccc(F)cc1. The van der Waals surface area contributed by atoms with Crippen LogP contribution in [-0.2, 0) is 6.54 Å². The van der Waals surface area contributed by atoms with E-state index in [2.05, 4.69) is 15.1 Å². The summed E-state index contributed by atoms with van der Waals surface area (Å²) in [6.07, 6.45) is 4.26. The third-order valence-corrected chi connectivity index (χ3v) is 7.25. The highest BCUT2D eigenvalue weighted by molar-refractivity contribution is 7.99. The van der Waals surface area contributed by atoms with Crippen LogP contribution in [0.2, 0.25) is 0 Å². The van der Waals surface area contributed by atoms with Gasteiger partial charge in [-0.05, 0) is 68.8 Å². The summed E-state index contributed by atoms with van der Waals surface area (Å²) in [4.78, 5) is 28.8. The summed E-state index contributed by atoms with van der Waals surface area (Å²) in [5, 5.41) is 9.60. The first-order valence-corrected chi connectivity index (χ1v) is 12.6. The number of amides is 2. The van der Waals surface area contributed by atoms with E-state index in [1.54, 1.807) is 36.4 Å². The molecule has 0 spiro atoms. The molecule has 34 heavy (non-hydrogen) atoms. The van der Waals surface area contributed by atoms with Gasteiger partial charge in [-0.25, -0.2) is 4.39 Å². The van der Waals surface area contributed by atoms with E-state index >= 15 is 0 Å². The van der Waals surface area contributed by atoms with E-state index in [-0.39, 0.29) is 17.6 Å². The monoisotopic (exact) mass is 479 g/mol. The van der Waals surface area contributed by atoms with Gasteiger partial charge in [0.1, 0.15) is 5.82 Å². The molecule has 176 valence electrons. The van der Waals surface area contributed by atoms with Gasteiger partial charge in [-0.2, -0.15) is 0 Å². The number of rotatable bonds is 8. The highest BCUT2D eigenvalue weighted by Crippen LogP contribution is 2.26. The first kappa shape index (κ1) is 22.7. The number of hydrogen-bond donors (Lipinski definition) is 0. The van der Waals surface area contributed by atoms with Gasteiger partial charge in [0, 0.05) is 18.0 Å². The largest absolute Gasteiger partial charge is 0.296 e. The van der Waals surface area contributed by atoms with E-state index in [0.717, 1.165) is 29.8 Å².